The van der Waals surface area contributed by atoms with Gasteiger partial charge in [-0.15, -0.1) is 0 Å². The highest BCUT2D eigenvalue weighted by atomic mass is 16.5. The summed E-state index contributed by atoms with van der Waals surface area (Å²) < 4.78 is 5.03. The molecule has 1 heterocycles. The third-order valence-electron chi connectivity index (χ3n) is 4.20. The van der Waals surface area contributed by atoms with Crippen molar-refractivity contribution in [1.29, 1.82) is 0 Å². The van der Waals surface area contributed by atoms with Crippen LogP contribution in [0.3, 0.4) is 0 Å². The van der Waals surface area contributed by atoms with Gasteiger partial charge in [0.2, 0.25) is 0 Å². The molecule has 0 aromatic heterocycles. The summed E-state index contributed by atoms with van der Waals surface area (Å²) in [5.74, 6) is 0.629. The van der Waals surface area contributed by atoms with E-state index in [2.05, 4.69) is 31.1 Å². The van der Waals surface area contributed by atoms with Crippen LogP contribution >= 0.6 is 0 Å². The van der Waals surface area contributed by atoms with Crippen molar-refractivity contribution >= 4 is 0 Å². The van der Waals surface area contributed by atoms with E-state index in [1.807, 2.05) is 6.92 Å². The van der Waals surface area contributed by atoms with Gasteiger partial charge in [-0.2, -0.15) is 0 Å². The number of rotatable bonds is 6. The van der Waals surface area contributed by atoms with Crippen LogP contribution in [0, 0.1) is 5.92 Å². The van der Waals surface area contributed by atoms with E-state index in [4.69, 9.17) is 4.74 Å². The topological polar surface area (TPSA) is 44.7 Å². The number of likely N-dealkylation sites (tertiary alicyclic amines) is 1. The molecule has 1 aliphatic heterocycles. The van der Waals surface area contributed by atoms with E-state index >= 15 is 0 Å². The zero-order valence-corrected chi connectivity index (χ0v) is 12.6. The lowest BCUT2D eigenvalue weighted by molar-refractivity contribution is 0.0162. The second-order valence-electron chi connectivity index (χ2n) is 6.23. The Hall–Kier alpha value is -0.160. The normalized spacial score (nSPS) is 33.3. The minimum atomic E-state index is -0.678. The number of aliphatic hydroxyl groups is 1. The third kappa shape index (κ3) is 4.84. The van der Waals surface area contributed by atoms with Crippen molar-refractivity contribution in [3.8, 4) is 0 Å². The molecule has 4 nitrogen and oxygen atoms in total. The van der Waals surface area contributed by atoms with E-state index in [-0.39, 0.29) is 0 Å². The minimum absolute atomic E-state index is 0.505. The first kappa shape index (κ1) is 15.9. The van der Waals surface area contributed by atoms with Crippen molar-refractivity contribution < 1.29 is 9.84 Å². The maximum absolute atomic E-state index is 10.2. The van der Waals surface area contributed by atoms with Crippen LogP contribution in [0.25, 0.3) is 0 Å². The molecule has 108 valence electrons. The van der Waals surface area contributed by atoms with Crippen molar-refractivity contribution in [1.82, 2.24) is 10.2 Å². The van der Waals surface area contributed by atoms with Gasteiger partial charge in [0.25, 0.3) is 0 Å². The summed E-state index contributed by atoms with van der Waals surface area (Å²) in [6.45, 7) is 8.80. The zero-order chi connectivity index (χ0) is 13.8. The highest BCUT2D eigenvalue weighted by Crippen LogP contribution is 2.21. The summed E-state index contributed by atoms with van der Waals surface area (Å²) in [4.78, 5) is 2.41. The number of nitrogens with zero attached hydrogens (tertiary/aromatic N) is 1. The second kappa shape index (κ2) is 6.85. The largest absolute Gasteiger partial charge is 0.389 e. The Morgan fingerprint density at radius 1 is 1.44 bits per heavy atom. The van der Waals surface area contributed by atoms with E-state index in [1.165, 1.54) is 0 Å². The Bertz CT molecular complexity index is 246. The maximum atomic E-state index is 10.2. The lowest BCUT2D eigenvalue weighted by atomic mass is 9.89. The quantitative estimate of drug-likeness (QED) is 0.749. The molecule has 18 heavy (non-hydrogen) atoms. The Labute approximate surface area is 112 Å². The van der Waals surface area contributed by atoms with Crippen molar-refractivity contribution in [2.75, 3.05) is 33.9 Å². The highest BCUT2D eigenvalue weighted by Gasteiger charge is 2.30. The molecule has 1 saturated heterocycles. The van der Waals surface area contributed by atoms with Gasteiger partial charge in [-0.3, -0.25) is 0 Å². The molecule has 0 aromatic carbocycles. The van der Waals surface area contributed by atoms with E-state index in [1.54, 1.807) is 7.11 Å². The Morgan fingerprint density at radius 2 is 2.11 bits per heavy atom. The molecule has 2 N–H and O–H groups in total. The molecule has 1 fully saturated rings. The first-order valence-electron chi connectivity index (χ1n) is 7.00. The molecule has 0 spiro atoms. The fourth-order valence-electron chi connectivity index (χ4n) is 2.59. The summed E-state index contributed by atoms with van der Waals surface area (Å²) in [7, 11) is 3.86. The minimum Gasteiger partial charge on any atom is -0.389 e. The van der Waals surface area contributed by atoms with Crippen molar-refractivity contribution in [2.45, 2.75) is 51.3 Å². The molecular formula is C14H30N2O2. The lowest BCUT2D eigenvalue weighted by Gasteiger charge is -2.41. The summed E-state index contributed by atoms with van der Waals surface area (Å²) in [5.41, 5.74) is -0.678. The molecule has 1 rings (SSSR count). The second-order valence-corrected chi connectivity index (χ2v) is 6.23. The predicted octanol–water partition coefficient (Wildman–Crippen LogP) is 1.09. The van der Waals surface area contributed by atoms with E-state index in [9.17, 15) is 5.11 Å². The zero-order valence-electron chi connectivity index (χ0n) is 12.6. The molecule has 4 unspecified atom stereocenters. The van der Waals surface area contributed by atoms with E-state index < -0.39 is 5.60 Å². The van der Waals surface area contributed by atoms with Crippen LogP contribution in [0.4, 0.5) is 0 Å². The van der Waals surface area contributed by atoms with Crippen LogP contribution in [-0.2, 0) is 4.74 Å². The summed E-state index contributed by atoms with van der Waals surface area (Å²) in [6, 6.07) is 1.12. The van der Waals surface area contributed by atoms with Gasteiger partial charge in [-0.25, -0.2) is 0 Å². The first-order chi connectivity index (χ1) is 8.35. The standard InChI is InChI=1S/C14H30N2O2/c1-11-9-16(4)12(2)8-13(11)15-10-14(3,17)6-7-18-5/h11-13,15,17H,6-10H2,1-5H3. The molecule has 0 aliphatic carbocycles. The number of nitrogens with one attached hydrogen (secondary N) is 1. The molecule has 0 amide bonds. The molecular weight excluding hydrogens is 228 g/mol. The number of ether oxygens (including phenoxy) is 1. The van der Waals surface area contributed by atoms with Gasteiger partial charge in [0, 0.05) is 45.3 Å². The fourth-order valence-corrected chi connectivity index (χ4v) is 2.59. The molecule has 1 aliphatic rings. The maximum Gasteiger partial charge on any atom is 0.0765 e. The Morgan fingerprint density at radius 3 is 2.72 bits per heavy atom. The van der Waals surface area contributed by atoms with Crippen molar-refractivity contribution in [3.05, 3.63) is 0 Å². The number of piperidine rings is 1. The molecule has 0 radical (unpaired) electrons. The molecule has 4 heteroatoms. The Balaban J connectivity index is 2.38. The molecule has 0 bridgehead atoms. The van der Waals surface area contributed by atoms with Crippen LogP contribution in [-0.4, -0.2) is 61.5 Å². The van der Waals surface area contributed by atoms with Crippen LogP contribution in [0.5, 0.6) is 0 Å². The van der Waals surface area contributed by atoms with Crippen LogP contribution < -0.4 is 5.32 Å². The first-order valence-corrected chi connectivity index (χ1v) is 7.00. The SMILES string of the molecule is COCCC(C)(O)CNC1CC(C)N(C)CC1C. The van der Waals surface area contributed by atoms with Crippen LogP contribution in [0.2, 0.25) is 0 Å². The van der Waals surface area contributed by atoms with Gasteiger partial charge in [0.05, 0.1) is 5.60 Å². The fraction of sp³-hybridized carbons (Fsp3) is 1.00. The van der Waals surface area contributed by atoms with Crippen LogP contribution in [0.1, 0.15) is 33.6 Å². The third-order valence-corrected chi connectivity index (χ3v) is 4.20. The monoisotopic (exact) mass is 258 g/mol. The van der Waals surface area contributed by atoms with Crippen LogP contribution in [0.15, 0.2) is 0 Å². The average molecular weight is 258 g/mol. The number of hydrogen-bond donors (Lipinski definition) is 2. The van der Waals surface area contributed by atoms with Gasteiger partial charge in [0.15, 0.2) is 0 Å². The smallest absolute Gasteiger partial charge is 0.0765 e. The van der Waals surface area contributed by atoms with E-state index in [0.29, 0.717) is 37.6 Å². The van der Waals surface area contributed by atoms with Crippen molar-refractivity contribution in [2.24, 2.45) is 5.92 Å². The highest BCUT2D eigenvalue weighted by molar-refractivity contribution is 4.88. The van der Waals surface area contributed by atoms with Crippen molar-refractivity contribution in [3.63, 3.8) is 0 Å². The summed E-state index contributed by atoms with van der Waals surface area (Å²) in [5, 5.41) is 13.8. The molecule has 0 saturated carbocycles. The van der Waals surface area contributed by atoms with Gasteiger partial charge >= 0.3 is 0 Å². The van der Waals surface area contributed by atoms with Gasteiger partial charge in [-0.1, -0.05) is 6.92 Å². The average Bonchev–Trinajstić information content (AvgIpc) is 2.30. The lowest BCUT2D eigenvalue weighted by Crippen LogP contribution is -2.53. The van der Waals surface area contributed by atoms with Gasteiger partial charge in [-0.05, 0) is 33.2 Å². The molecule has 4 atom stereocenters. The van der Waals surface area contributed by atoms with E-state index in [0.717, 1.165) is 13.0 Å². The van der Waals surface area contributed by atoms with Gasteiger partial charge < -0.3 is 20.1 Å². The summed E-state index contributed by atoms with van der Waals surface area (Å²) >= 11 is 0. The number of methoxy groups -OCH3 is 1. The number of hydrogen-bond acceptors (Lipinski definition) is 4. The summed E-state index contributed by atoms with van der Waals surface area (Å²) in [6.07, 6.45) is 1.82. The van der Waals surface area contributed by atoms with Gasteiger partial charge in [0.1, 0.15) is 0 Å². The Kier molecular flexibility index (Phi) is 6.05. The predicted molar refractivity (Wildman–Crippen MR) is 74.8 cm³/mol. The molecule has 0 aromatic rings.